The third kappa shape index (κ3) is 3.90. The molecule has 1 amide bonds. The van der Waals surface area contributed by atoms with Gasteiger partial charge in [-0.1, -0.05) is 13.0 Å². The van der Waals surface area contributed by atoms with Crippen LogP contribution in [0.5, 0.6) is 0 Å². The molecular formula is C17H24N4O2. The lowest BCUT2D eigenvalue weighted by Crippen LogP contribution is -2.16. The van der Waals surface area contributed by atoms with Crippen molar-refractivity contribution in [3.05, 3.63) is 41.2 Å². The maximum atomic E-state index is 11.3. The summed E-state index contributed by atoms with van der Waals surface area (Å²) in [5.41, 5.74) is 4.94. The molecule has 124 valence electrons. The van der Waals surface area contributed by atoms with Crippen LogP contribution < -0.4 is 10.6 Å². The van der Waals surface area contributed by atoms with E-state index in [0.717, 1.165) is 23.5 Å². The van der Waals surface area contributed by atoms with Crippen LogP contribution in [0.2, 0.25) is 0 Å². The number of anilines is 2. The van der Waals surface area contributed by atoms with Gasteiger partial charge in [0.05, 0.1) is 11.7 Å². The van der Waals surface area contributed by atoms with E-state index in [4.69, 9.17) is 5.11 Å². The van der Waals surface area contributed by atoms with Gasteiger partial charge in [-0.05, 0) is 38.5 Å². The van der Waals surface area contributed by atoms with Gasteiger partial charge in [0.1, 0.15) is 6.61 Å². The van der Waals surface area contributed by atoms with Crippen LogP contribution in [0.25, 0.3) is 0 Å². The van der Waals surface area contributed by atoms with Gasteiger partial charge < -0.3 is 15.7 Å². The minimum Gasteiger partial charge on any atom is -0.387 e. The zero-order chi connectivity index (χ0) is 17.0. The first-order valence-electron chi connectivity index (χ1n) is 7.73. The number of aromatic nitrogens is 2. The number of hydrogen-bond donors (Lipinski definition) is 3. The van der Waals surface area contributed by atoms with E-state index in [9.17, 15) is 4.79 Å². The van der Waals surface area contributed by atoms with Gasteiger partial charge >= 0.3 is 0 Å². The highest BCUT2D eigenvalue weighted by atomic mass is 16.3. The van der Waals surface area contributed by atoms with E-state index in [1.54, 1.807) is 6.07 Å². The molecule has 0 spiro atoms. The number of hydrogen-bond acceptors (Lipinski definition) is 4. The number of amides is 1. The number of nitrogens with zero attached hydrogens (tertiary/aromatic N) is 2. The largest absolute Gasteiger partial charge is 0.387 e. The van der Waals surface area contributed by atoms with Crippen LogP contribution in [-0.4, -0.2) is 27.4 Å². The van der Waals surface area contributed by atoms with Gasteiger partial charge in [0.25, 0.3) is 0 Å². The lowest BCUT2D eigenvalue weighted by atomic mass is 10.0. The second kappa shape index (κ2) is 7.28. The highest BCUT2D eigenvalue weighted by molar-refractivity contribution is 5.91. The molecule has 0 aliphatic carbocycles. The zero-order valence-electron chi connectivity index (χ0n) is 14.1. The molecule has 1 atom stereocenters. The summed E-state index contributed by atoms with van der Waals surface area (Å²) in [6.07, 6.45) is 0.917. The molecule has 1 heterocycles. The lowest BCUT2D eigenvalue weighted by molar-refractivity contribution is -0.118. The van der Waals surface area contributed by atoms with Crippen molar-refractivity contribution in [2.45, 2.75) is 33.2 Å². The summed E-state index contributed by atoms with van der Waals surface area (Å²) in [5.74, 6) is -0.423. The Balaban J connectivity index is 2.22. The number of carbonyl (C=O) groups excluding carboxylic acids is 1. The maximum absolute atomic E-state index is 11.3. The van der Waals surface area contributed by atoms with Crippen LogP contribution in [0.15, 0.2) is 24.3 Å². The first kappa shape index (κ1) is 17.0. The third-order valence-electron chi connectivity index (χ3n) is 3.95. The van der Waals surface area contributed by atoms with Gasteiger partial charge in [-0.15, -0.1) is 0 Å². The molecule has 0 fully saturated rings. The summed E-state index contributed by atoms with van der Waals surface area (Å²) in [4.78, 5) is 11.3. The van der Waals surface area contributed by atoms with Crippen molar-refractivity contribution in [2.24, 2.45) is 7.05 Å². The summed E-state index contributed by atoms with van der Waals surface area (Å²) in [6, 6.07) is 7.62. The van der Waals surface area contributed by atoms with E-state index in [0.29, 0.717) is 5.69 Å². The summed E-state index contributed by atoms with van der Waals surface area (Å²) in [6.45, 7) is 5.69. The summed E-state index contributed by atoms with van der Waals surface area (Å²) in [5, 5.41) is 19.5. The number of rotatable bonds is 6. The normalized spacial score (nSPS) is 12.0. The molecule has 0 saturated carbocycles. The van der Waals surface area contributed by atoms with Crippen LogP contribution in [0.1, 0.15) is 36.3 Å². The Morgan fingerprint density at radius 1 is 1.35 bits per heavy atom. The molecule has 0 radical (unpaired) electrons. The molecule has 1 aromatic carbocycles. The lowest BCUT2D eigenvalue weighted by Gasteiger charge is -2.20. The average Bonchev–Trinajstić information content (AvgIpc) is 2.78. The Hall–Kier alpha value is -2.34. The SMILES string of the molecule is CCC(Nc1cccc(NC(=O)CO)c1)c1c(C)nn(C)c1C. The van der Waals surface area contributed by atoms with Gasteiger partial charge in [-0.3, -0.25) is 9.48 Å². The Labute approximate surface area is 136 Å². The quantitative estimate of drug-likeness (QED) is 0.765. The van der Waals surface area contributed by atoms with Crippen molar-refractivity contribution in [2.75, 3.05) is 17.2 Å². The van der Waals surface area contributed by atoms with E-state index < -0.39 is 12.5 Å². The van der Waals surface area contributed by atoms with Gasteiger partial charge in [0.15, 0.2) is 0 Å². The molecule has 1 unspecified atom stereocenters. The van der Waals surface area contributed by atoms with Crippen LogP contribution in [0.4, 0.5) is 11.4 Å². The highest BCUT2D eigenvalue weighted by Crippen LogP contribution is 2.28. The minimum atomic E-state index is -0.524. The topological polar surface area (TPSA) is 79.2 Å². The molecule has 3 N–H and O–H groups in total. The predicted molar refractivity (Wildman–Crippen MR) is 91.5 cm³/mol. The smallest absolute Gasteiger partial charge is 0.250 e. The molecule has 1 aromatic heterocycles. The number of aliphatic hydroxyl groups excluding tert-OH is 1. The fourth-order valence-electron chi connectivity index (χ4n) is 2.76. The number of carbonyl (C=O) groups is 1. The van der Waals surface area contributed by atoms with Crippen LogP contribution >= 0.6 is 0 Å². The van der Waals surface area contributed by atoms with Crippen molar-refractivity contribution in [3.63, 3.8) is 0 Å². The van der Waals surface area contributed by atoms with Crippen LogP contribution in [-0.2, 0) is 11.8 Å². The fraction of sp³-hybridized carbons (Fsp3) is 0.412. The van der Waals surface area contributed by atoms with Crippen molar-refractivity contribution >= 4 is 17.3 Å². The number of aliphatic hydroxyl groups is 1. The van der Waals surface area contributed by atoms with Crippen molar-refractivity contribution < 1.29 is 9.90 Å². The van der Waals surface area contributed by atoms with Gasteiger partial charge in [-0.25, -0.2) is 0 Å². The van der Waals surface area contributed by atoms with Crippen molar-refractivity contribution in [3.8, 4) is 0 Å². The average molecular weight is 316 g/mol. The summed E-state index contributed by atoms with van der Waals surface area (Å²) >= 11 is 0. The molecule has 6 heteroatoms. The zero-order valence-corrected chi connectivity index (χ0v) is 14.1. The molecule has 23 heavy (non-hydrogen) atoms. The van der Waals surface area contributed by atoms with Crippen LogP contribution in [0, 0.1) is 13.8 Å². The predicted octanol–water partition coefficient (Wildman–Crippen LogP) is 2.53. The van der Waals surface area contributed by atoms with Gasteiger partial charge in [0, 0.05) is 29.7 Å². The minimum absolute atomic E-state index is 0.146. The molecule has 0 aliphatic heterocycles. The summed E-state index contributed by atoms with van der Waals surface area (Å²) < 4.78 is 1.90. The highest BCUT2D eigenvalue weighted by Gasteiger charge is 2.18. The monoisotopic (exact) mass is 316 g/mol. The first-order chi connectivity index (χ1) is 11.0. The number of aryl methyl sites for hydroxylation is 2. The van der Waals surface area contributed by atoms with E-state index in [-0.39, 0.29) is 6.04 Å². The fourth-order valence-corrected chi connectivity index (χ4v) is 2.76. The number of nitrogens with one attached hydrogen (secondary N) is 2. The van der Waals surface area contributed by atoms with E-state index in [2.05, 4.69) is 29.6 Å². The molecule has 0 saturated heterocycles. The molecule has 6 nitrogen and oxygen atoms in total. The Kier molecular flexibility index (Phi) is 5.39. The summed E-state index contributed by atoms with van der Waals surface area (Å²) in [7, 11) is 1.95. The first-order valence-corrected chi connectivity index (χ1v) is 7.73. The molecule has 2 rings (SSSR count). The van der Waals surface area contributed by atoms with E-state index in [1.807, 2.05) is 36.9 Å². The molecule has 0 bridgehead atoms. The number of benzene rings is 1. The van der Waals surface area contributed by atoms with Crippen LogP contribution in [0.3, 0.4) is 0 Å². The van der Waals surface area contributed by atoms with Crippen molar-refractivity contribution in [1.82, 2.24) is 9.78 Å². The van der Waals surface area contributed by atoms with Crippen molar-refractivity contribution in [1.29, 1.82) is 0 Å². The Morgan fingerprint density at radius 3 is 2.61 bits per heavy atom. The van der Waals surface area contributed by atoms with E-state index in [1.165, 1.54) is 5.56 Å². The molecule has 0 aliphatic rings. The second-order valence-electron chi connectivity index (χ2n) is 5.60. The Morgan fingerprint density at radius 2 is 2.04 bits per heavy atom. The van der Waals surface area contributed by atoms with Gasteiger partial charge in [-0.2, -0.15) is 5.10 Å². The molecular weight excluding hydrogens is 292 g/mol. The van der Waals surface area contributed by atoms with E-state index >= 15 is 0 Å². The second-order valence-corrected chi connectivity index (χ2v) is 5.60. The Bertz CT molecular complexity index is 694. The maximum Gasteiger partial charge on any atom is 0.250 e. The standard InChI is InChI=1S/C17H24N4O2/c1-5-15(17-11(2)20-21(4)12(17)3)18-13-7-6-8-14(9-13)19-16(23)10-22/h6-9,15,18,22H,5,10H2,1-4H3,(H,19,23). The van der Waals surface area contributed by atoms with Gasteiger partial charge in [0.2, 0.25) is 5.91 Å². The molecule has 2 aromatic rings. The third-order valence-corrected chi connectivity index (χ3v) is 3.95.